The zero-order chi connectivity index (χ0) is 14.5. The summed E-state index contributed by atoms with van der Waals surface area (Å²) in [5.74, 6) is 0.660. The first-order chi connectivity index (χ1) is 9.56. The Bertz CT molecular complexity index is 588. The lowest BCUT2D eigenvalue weighted by Gasteiger charge is -2.14. The molecule has 0 saturated heterocycles. The van der Waals surface area contributed by atoms with Crippen molar-refractivity contribution in [1.29, 1.82) is 0 Å². The zero-order valence-corrected chi connectivity index (χ0v) is 12.2. The second-order valence-electron chi connectivity index (χ2n) is 4.66. The molecule has 0 bridgehead atoms. The van der Waals surface area contributed by atoms with E-state index in [-0.39, 0.29) is 11.9 Å². The maximum atomic E-state index is 9.39. The second kappa shape index (κ2) is 6.48. The van der Waals surface area contributed by atoms with Gasteiger partial charge in [-0.05, 0) is 43.7 Å². The van der Waals surface area contributed by atoms with Gasteiger partial charge in [0.25, 0.3) is 0 Å². The van der Waals surface area contributed by atoms with Crippen LogP contribution in [-0.2, 0) is 6.54 Å². The van der Waals surface area contributed by atoms with Gasteiger partial charge in [-0.25, -0.2) is 4.98 Å². The molecule has 0 atom stereocenters. The monoisotopic (exact) mass is 292 g/mol. The highest BCUT2D eigenvalue weighted by Crippen LogP contribution is 2.26. The molecular formula is C15H17ClN2O2. The molecule has 2 N–H and O–H groups in total. The Morgan fingerprint density at radius 1 is 1.35 bits per heavy atom. The number of benzene rings is 1. The van der Waals surface area contributed by atoms with Crippen LogP contribution in [-0.4, -0.2) is 16.2 Å². The predicted molar refractivity (Wildman–Crippen MR) is 80.4 cm³/mol. The summed E-state index contributed by atoms with van der Waals surface area (Å²) in [7, 11) is 0. The Morgan fingerprint density at radius 2 is 2.15 bits per heavy atom. The molecule has 0 aliphatic heterocycles. The highest BCUT2D eigenvalue weighted by Gasteiger charge is 2.07. The molecule has 0 saturated carbocycles. The maximum Gasteiger partial charge on any atom is 0.237 e. The molecule has 1 heterocycles. The molecule has 2 rings (SSSR count). The van der Waals surface area contributed by atoms with E-state index in [9.17, 15) is 5.11 Å². The molecule has 5 heteroatoms. The fourth-order valence-electron chi connectivity index (χ4n) is 1.70. The van der Waals surface area contributed by atoms with Gasteiger partial charge in [-0.1, -0.05) is 17.7 Å². The predicted octanol–water partition coefficient (Wildman–Crippen LogP) is 3.84. The first-order valence-electron chi connectivity index (χ1n) is 6.39. The van der Waals surface area contributed by atoms with Crippen LogP contribution in [0, 0.1) is 0 Å². The van der Waals surface area contributed by atoms with E-state index in [0.29, 0.717) is 17.4 Å². The maximum absolute atomic E-state index is 9.39. The fourth-order valence-corrected chi connectivity index (χ4v) is 1.90. The van der Waals surface area contributed by atoms with Crippen molar-refractivity contribution in [2.24, 2.45) is 0 Å². The van der Waals surface area contributed by atoms with Gasteiger partial charge < -0.3 is 15.2 Å². The Morgan fingerprint density at radius 3 is 2.85 bits per heavy atom. The molecule has 0 spiro atoms. The quantitative estimate of drug-likeness (QED) is 0.879. The van der Waals surface area contributed by atoms with E-state index in [0.717, 1.165) is 11.3 Å². The number of nitrogens with one attached hydrogen (secondary N) is 1. The number of aromatic nitrogens is 1. The van der Waals surface area contributed by atoms with E-state index in [2.05, 4.69) is 10.3 Å². The molecule has 1 aromatic heterocycles. The summed E-state index contributed by atoms with van der Waals surface area (Å²) in [5.41, 5.74) is 1.79. The minimum absolute atomic E-state index is 0.0635. The van der Waals surface area contributed by atoms with Gasteiger partial charge in [-0.2, -0.15) is 0 Å². The van der Waals surface area contributed by atoms with E-state index >= 15 is 0 Å². The average Bonchev–Trinajstić information content (AvgIpc) is 2.41. The van der Waals surface area contributed by atoms with Crippen molar-refractivity contribution in [2.75, 3.05) is 5.32 Å². The Hall–Kier alpha value is -1.94. The molecule has 1 aromatic carbocycles. The van der Waals surface area contributed by atoms with Crippen molar-refractivity contribution in [3.05, 3.63) is 47.1 Å². The van der Waals surface area contributed by atoms with Gasteiger partial charge in [-0.15, -0.1) is 0 Å². The lowest BCUT2D eigenvalue weighted by molar-refractivity contribution is 0.234. The molecule has 0 unspecified atom stereocenters. The molecule has 0 aliphatic rings. The van der Waals surface area contributed by atoms with Crippen LogP contribution in [0.4, 0.5) is 5.69 Å². The third kappa shape index (κ3) is 3.78. The number of pyridine rings is 1. The van der Waals surface area contributed by atoms with Gasteiger partial charge in [-0.3, -0.25) is 0 Å². The van der Waals surface area contributed by atoms with Crippen LogP contribution in [0.2, 0.25) is 5.02 Å². The molecule has 4 nitrogen and oxygen atoms in total. The number of rotatable bonds is 5. The summed E-state index contributed by atoms with van der Waals surface area (Å²) in [6.07, 6.45) is 1.76. The van der Waals surface area contributed by atoms with Crippen LogP contribution in [0.1, 0.15) is 19.4 Å². The van der Waals surface area contributed by atoms with Gasteiger partial charge in [0.2, 0.25) is 5.88 Å². The van der Waals surface area contributed by atoms with Crippen molar-refractivity contribution in [2.45, 2.75) is 26.5 Å². The van der Waals surface area contributed by atoms with Gasteiger partial charge >= 0.3 is 0 Å². The molecule has 2 aromatic rings. The minimum atomic E-state index is 0.0635. The summed E-state index contributed by atoms with van der Waals surface area (Å²) in [4.78, 5) is 4.21. The number of halogens is 1. The molecule has 20 heavy (non-hydrogen) atoms. The summed E-state index contributed by atoms with van der Waals surface area (Å²) in [6.45, 7) is 4.48. The number of aromatic hydroxyl groups is 1. The Kier molecular flexibility index (Phi) is 4.69. The first kappa shape index (κ1) is 14.5. The van der Waals surface area contributed by atoms with Crippen LogP contribution in [0.5, 0.6) is 11.6 Å². The summed E-state index contributed by atoms with van der Waals surface area (Å²) in [6, 6.07) is 8.87. The lowest BCUT2D eigenvalue weighted by atomic mass is 10.2. The molecule has 0 fully saturated rings. The van der Waals surface area contributed by atoms with E-state index < -0.39 is 0 Å². The van der Waals surface area contributed by atoms with E-state index in [4.69, 9.17) is 16.3 Å². The van der Waals surface area contributed by atoms with Gasteiger partial charge in [0.1, 0.15) is 5.75 Å². The molecular weight excluding hydrogens is 276 g/mol. The van der Waals surface area contributed by atoms with E-state index in [1.165, 1.54) is 0 Å². The van der Waals surface area contributed by atoms with Gasteiger partial charge in [0.05, 0.1) is 16.8 Å². The number of hydrogen-bond donors (Lipinski definition) is 2. The van der Waals surface area contributed by atoms with Crippen molar-refractivity contribution >= 4 is 17.3 Å². The number of phenols is 1. The largest absolute Gasteiger partial charge is 0.506 e. The highest BCUT2D eigenvalue weighted by molar-refractivity contribution is 6.32. The minimum Gasteiger partial charge on any atom is -0.506 e. The highest BCUT2D eigenvalue weighted by atomic mass is 35.5. The van der Waals surface area contributed by atoms with E-state index in [1.807, 2.05) is 32.0 Å². The topological polar surface area (TPSA) is 54.4 Å². The summed E-state index contributed by atoms with van der Waals surface area (Å²) >= 11 is 5.88. The number of phenolic OH excluding ortho intramolecular Hbond substituents is 1. The third-order valence-corrected chi connectivity index (χ3v) is 2.92. The summed E-state index contributed by atoms with van der Waals surface area (Å²) in [5, 5.41) is 13.0. The normalized spacial score (nSPS) is 10.6. The van der Waals surface area contributed by atoms with Crippen LogP contribution < -0.4 is 10.1 Å². The summed E-state index contributed by atoms with van der Waals surface area (Å²) < 4.78 is 5.64. The van der Waals surface area contributed by atoms with Crippen molar-refractivity contribution in [3.8, 4) is 11.6 Å². The third-order valence-electron chi connectivity index (χ3n) is 2.61. The zero-order valence-electron chi connectivity index (χ0n) is 11.4. The van der Waals surface area contributed by atoms with Gasteiger partial charge in [0, 0.05) is 12.7 Å². The SMILES string of the molecule is CC(C)Oc1ncccc1NCc1ccc(O)c(Cl)c1. The van der Waals surface area contributed by atoms with Crippen LogP contribution in [0.3, 0.4) is 0 Å². The number of nitrogens with zero attached hydrogens (tertiary/aromatic N) is 1. The molecule has 0 aliphatic carbocycles. The number of hydrogen-bond acceptors (Lipinski definition) is 4. The standard InChI is InChI=1S/C15H17ClN2O2/c1-10(2)20-15-13(4-3-7-17-15)18-9-11-5-6-14(19)12(16)8-11/h3-8,10,18-19H,9H2,1-2H3. The number of ether oxygens (including phenoxy) is 1. The van der Waals surface area contributed by atoms with Crippen molar-refractivity contribution in [3.63, 3.8) is 0 Å². The Balaban J connectivity index is 2.08. The van der Waals surface area contributed by atoms with Crippen molar-refractivity contribution < 1.29 is 9.84 Å². The van der Waals surface area contributed by atoms with E-state index in [1.54, 1.807) is 18.3 Å². The average molecular weight is 293 g/mol. The lowest BCUT2D eigenvalue weighted by Crippen LogP contribution is -2.10. The van der Waals surface area contributed by atoms with Crippen LogP contribution >= 0.6 is 11.6 Å². The van der Waals surface area contributed by atoms with Crippen LogP contribution in [0.15, 0.2) is 36.5 Å². The second-order valence-corrected chi connectivity index (χ2v) is 5.07. The molecule has 106 valence electrons. The molecule has 0 amide bonds. The van der Waals surface area contributed by atoms with Crippen LogP contribution in [0.25, 0.3) is 0 Å². The Labute approximate surface area is 123 Å². The fraction of sp³-hybridized carbons (Fsp3) is 0.267. The van der Waals surface area contributed by atoms with Gasteiger partial charge in [0.15, 0.2) is 0 Å². The first-order valence-corrected chi connectivity index (χ1v) is 6.77. The molecule has 0 radical (unpaired) electrons. The smallest absolute Gasteiger partial charge is 0.237 e. The number of anilines is 1. The van der Waals surface area contributed by atoms with Crippen molar-refractivity contribution in [1.82, 2.24) is 4.98 Å².